The van der Waals surface area contributed by atoms with Crippen molar-refractivity contribution in [1.82, 2.24) is 20.4 Å². The summed E-state index contributed by atoms with van der Waals surface area (Å²) in [5, 5.41) is 72.6. The largest absolute Gasteiger partial charge is 0.508 e. The van der Waals surface area contributed by atoms with E-state index in [1.54, 1.807) is 24.3 Å². The van der Waals surface area contributed by atoms with Crippen LogP contribution in [0.1, 0.15) is 93.2 Å². The van der Waals surface area contributed by atoms with Crippen molar-refractivity contribution >= 4 is 52.8 Å². The molecule has 5 rings (SSSR count). The number of aliphatic hydroxyl groups excluding tert-OH is 4. The summed E-state index contributed by atoms with van der Waals surface area (Å²) in [7, 11) is -4.67. The second-order valence-corrected chi connectivity index (χ2v) is 18.9. The molecule has 4 aromatic rings. The third-order valence-corrected chi connectivity index (χ3v) is 10.1. The van der Waals surface area contributed by atoms with Gasteiger partial charge in [-0.15, -0.1) is 24.8 Å². The Balaban J connectivity index is 0.000000963. The summed E-state index contributed by atoms with van der Waals surface area (Å²) in [4.78, 5) is 15.3. The highest BCUT2D eigenvalue weighted by Crippen LogP contribution is 2.30. The van der Waals surface area contributed by atoms with Crippen LogP contribution in [-0.2, 0) is 33.1 Å². The Morgan fingerprint density at radius 3 is 1.47 bits per heavy atom. The molecule has 1 fully saturated rings. The Morgan fingerprint density at radius 2 is 1.09 bits per heavy atom. The lowest BCUT2D eigenvalue weighted by molar-refractivity contribution is -0.142. The highest BCUT2D eigenvalue weighted by molar-refractivity contribution is 7.79. The van der Waals surface area contributed by atoms with Crippen LogP contribution in [0.2, 0.25) is 5.02 Å². The first-order valence-electron chi connectivity index (χ1n) is 21.3. The quantitative estimate of drug-likeness (QED) is 0.0457. The first-order chi connectivity index (χ1) is 30.8. The van der Waals surface area contributed by atoms with Crippen LogP contribution < -0.4 is 10.6 Å². The fourth-order valence-electron chi connectivity index (χ4n) is 6.41. The minimum absolute atomic E-state index is 0. The molecule has 0 saturated carbocycles. The lowest BCUT2D eigenvalue weighted by atomic mass is 9.96. The summed E-state index contributed by atoms with van der Waals surface area (Å²) in [5.41, 5.74) is 4.62. The standard InChI is InChI=1S/C21H25ClN2O3.2C13H21NO3.2ClH.H2O4S/c22-19-8-6-18(7-9-19)21(17-4-2-1-3-5-17)24-12-10-23(11-13-24)14-15-27-16-20(25)26;2*1-13(2,3)14-7-12(17)9-4-5-11(16)10(6-9)8-15;;;1-5(2,3)4/h1-9,21H,10-16H2,(H,25,26);2*4-6,12,14-17H,7-8H2,1-3H3;2*1H;(H2,1,2,3,4)/t21-;2*12-;;;/m100.../s1. The third kappa shape index (κ3) is 26.9. The van der Waals surface area contributed by atoms with E-state index in [-0.39, 0.29) is 73.3 Å². The normalized spacial score (nSPS) is 14.4. The van der Waals surface area contributed by atoms with E-state index >= 15 is 0 Å². The minimum Gasteiger partial charge on any atom is -0.508 e. The van der Waals surface area contributed by atoms with Gasteiger partial charge in [-0.25, -0.2) is 4.79 Å². The zero-order valence-electron chi connectivity index (χ0n) is 39.3. The number of carboxylic acids is 1. The third-order valence-electron chi connectivity index (χ3n) is 9.82. The van der Waals surface area contributed by atoms with Crippen molar-refractivity contribution in [3.63, 3.8) is 0 Å². The van der Waals surface area contributed by atoms with Crippen LogP contribution in [0.15, 0.2) is 91.0 Å². The Hall–Kier alpha value is -3.67. The number of nitrogens with one attached hydrogen (secondary N) is 2. The highest BCUT2D eigenvalue weighted by atomic mass is 35.5. The Bertz CT molecular complexity index is 2060. The molecular formula is C47H71Cl3N4O13S. The van der Waals surface area contributed by atoms with E-state index in [2.05, 4.69) is 56.8 Å². The summed E-state index contributed by atoms with van der Waals surface area (Å²) in [5.74, 6) is -0.826. The van der Waals surface area contributed by atoms with E-state index in [0.29, 0.717) is 42.0 Å². The molecule has 384 valence electrons. The number of nitrogens with zero attached hydrogens (tertiary/aromatic N) is 2. The number of β-amino-alcohol motifs (C(OH)–C–C–N with tert-alkyl or cyclic N) is 2. The molecule has 3 atom stereocenters. The van der Waals surface area contributed by atoms with Crippen molar-refractivity contribution in [3.05, 3.63) is 129 Å². The van der Waals surface area contributed by atoms with Gasteiger partial charge in [0.05, 0.1) is 38.1 Å². The van der Waals surface area contributed by atoms with Gasteiger partial charge in [0.15, 0.2) is 0 Å². The van der Waals surface area contributed by atoms with Crippen LogP contribution in [0.5, 0.6) is 11.5 Å². The molecule has 0 unspecified atom stereocenters. The molecule has 0 aliphatic carbocycles. The Kier molecular flexibility index (Phi) is 29.8. The van der Waals surface area contributed by atoms with E-state index < -0.39 is 28.6 Å². The second kappa shape index (κ2) is 31.5. The van der Waals surface area contributed by atoms with Gasteiger partial charge >= 0.3 is 16.4 Å². The smallest absolute Gasteiger partial charge is 0.394 e. The first-order valence-corrected chi connectivity index (χ1v) is 23.0. The monoisotopic (exact) mass is 1040 g/mol. The summed E-state index contributed by atoms with van der Waals surface area (Å²) in [6, 6.07) is 28.4. The average molecular weight is 1040 g/mol. The van der Waals surface area contributed by atoms with Gasteiger partial charge in [0.25, 0.3) is 0 Å². The van der Waals surface area contributed by atoms with Crippen molar-refractivity contribution in [2.75, 3.05) is 59.0 Å². The maximum atomic E-state index is 10.5. The Morgan fingerprint density at radius 1 is 0.691 bits per heavy atom. The van der Waals surface area contributed by atoms with Crippen molar-refractivity contribution in [2.24, 2.45) is 0 Å². The van der Waals surface area contributed by atoms with Crippen molar-refractivity contribution < 1.29 is 62.8 Å². The van der Waals surface area contributed by atoms with Gasteiger partial charge < -0.3 is 51.1 Å². The molecule has 0 spiro atoms. The number of carboxylic acid groups (broad SMARTS) is 1. The molecule has 0 amide bonds. The second-order valence-electron chi connectivity index (χ2n) is 17.5. The van der Waals surface area contributed by atoms with Crippen molar-refractivity contribution in [2.45, 2.75) is 84.1 Å². The number of piperazine rings is 1. The van der Waals surface area contributed by atoms with E-state index in [0.717, 1.165) is 37.7 Å². The highest BCUT2D eigenvalue weighted by Gasteiger charge is 2.26. The maximum absolute atomic E-state index is 10.5. The molecule has 1 aliphatic rings. The van der Waals surface area contributed by atoms with E-state index in [1.807, 2.05) is 59.7 Å². The zero-order chi connectivity index (χ0) is 49.7. The van der Waals surface area contributed by atoms with Crippen LogP contribution in [0.3, 0.4) is 0 Å². The van der Waals surface area contributed by atoms with Gasteiger partial charge in [0.1, 0.15) is 18.1 Å². The number of aromatic hydroxyl groups is 2. The van der Waals surface area contributed by atoms with Crippen LogP contribution in [0, 0.1) is 0 Å². The molecule has 4 aromatic carbocycles. The molecular weight excluding hydrogens is 967 g/mol. The SMILES string of the molecule is CC(C)(C)NC[C@H](O)c1ccc(O)c(CO)c1.CC(C)(C)NC[C@H](O)c1ccc(O)c(CO)c1.Cl.Cl.O=C(O)COCCN1CCN([C@H](c2ccccc2)c2ccc(Cl)cc2)CC1.O=S(=O)(O)O. The molecule has 68 heavy (non-hydrogen) atoms. The molecule has 0 aromatic heterocycles. The van der Waals surface area contributed by atoms with Crippen molar-refractivity contribution in [3.8, 4) is 11.5 Å². The van der Waals surface area contributed by atoms with Crippen molar-refractivity contribution in [1.29, 1.82) is 0 Å². The number of carbonyl (C=O) groups is 1. The number of aliphatic hydroxyl groups is 4. The number of hydrogen-bond acceptors (Lipinski definition) is 14. The lowest BCUT2D eigenvalue weighted by Gasteiger charge is -2.39. The fraction of sp³-hybridized carbons (Fsp3) is 0.468. The molecule has 21 heteroatoms. The molecule has 0 radical (unpaired) electrons. The van der Waals surface area contributed by atoms with Crippen LogP contribution in [0.4, 0.5) is 0 Å². The van der Waals surface area contributed by atoms with Gasteiger partial charge in [-0.05, 0) is 100 Å². The van der Waals surface area contributed by atoms with Gasteiger partial charge in [-0.2, -0.15) is 8.42 Å². The molecule has 17 nitrogen and oxygen atoms in total. The molecule has 1 saturated heterocycles. The number of hydrogen-bond donors (Lipinski definition) is 11. The summed E-state index contributed by atoms with van der Waals surface area (Å²) in [6.45, 7) is 17.3. The number of halogens is 3. The number of rotatable bonds is 16. The fourth-order valence-corrected chi connectivity index (χ4v) is 6.54. The summed E-state index contributed by atoms with van der Waals surface area (Å²) >= 11 is 6.08. The van der Waals surface area contributed by atoms with Gasteiger partial charge in [0, 0.05) is 73.0 Å². The van der Waals surface area contributed by atoms with Crippen LogP contribution in [-0.4, -0.2) is 139 Å². The number of benzene rings is 4. The topological polar surface area (TPSA) is 273 Å². The molecule has 1 aliphatic heterocycles. The first kappa shape index (κ1) is 64.3. The van der Waals surface area contributed by atoms with E-state index in [4.69, 9.17) is 49.2 Å². The van der Waals surface area contributed by atoms with E-state index in [1.165, 1.54) is 23.3 Å². The summed E-state index contributed by atoms with van der Waals surface area (Å²) in [6.07, 6.45) is -1.31. The predicted octanol–water partition coefficient (Wildman–Crippen LogP) is 5.95. The molecule has 11 N–H and O–H groups in total. The number of phenols is 2. The zero-order valence-corrected chi connectivity index (χ0v) is 42.5. The van der Waals surface area contributed by atoms with Crippen LogP contribution >= 0.6 is 36.4 Å². The maximum Gasteiger partial charge on any atom is 0.394 e. The molecule has 1 heterocycles. The lowest BCUT2D eigenvalue weighted by Crippen LogP contribution is -2.48. The minimum atomic E-state index is -4.67. The van der Waals surface area contributed by atoms with Gasteiger partial charge in [-0.1, -0.05) is 66.2 Å². The number of ether oxygens (including phenoxy) is 1. The average Bonchev–Trinajstić information content (AvgIpc) is 3.25. The van der Waals surface area contributed by atoms with Gasteiger partial charge in [0.2, 0.25) is 0 Å². The summed E-state index contributed by atoms with van der Waals surface area (Å²) < 4.78 is 36.7. The van der Waals surface area contributed by atoms with Crippen LogP contribution in [0.25, 0.3) is 0 Å². The van der Waals surface area contributed by atoms with Gasteiger partial charge in [-0.3, -0.25) is 18.9 Å². The Labute approximate surface area is 418 Å². The number of aliphatic carboxylic acids is 1. The predicted molar refractivity (Wildman–Crippen MR) is 268 cm³/mol. The van der Waals surface area contributed by atoms with E-state index in [9.17, 15) is 25.2 Å². The molecule has 0 bridgehead atoms.